The van der Waals surface area contributed by atoms with E-state index in [1.54, 1.807) is 51.1 Å². The van der Waals surface area contributed by atoms with Crippen molar-refractivity contribution in [2.24, 2.45) is 0 Å². The number of hydrogen-bond donors (Lipinski definition) is 1. The van der Waals surface area contributed by atoms with Crippen molar-refractivity contribution in [2.45, 2.75) is 45.3 Å². The molecule has 1 aromatic heterocycles. The predicted octanol–water partition coefficient (Wildman–Crippen LogP) is 3.55. The SMILES string of the molecule is CC(C)(C)OC(=O)N1CCC[C@H]1C(=O)Nc1cc(-c2cccc(C#N)c2)on1. The highest BCUT2D eigenvalue weighted by Gasteiger charge is 2.36. The molecule has 1 saturated heterocycles. The second kappa shape index (κ2) is 7.72. The number of nitrogens with zero attached hydrogens (tertiary/aromatic N) is 3. The van der Waals surface area contributed by atoms with E-state index in [0.29, 0.717) is 29.9 Å². The number of nitrogens with one attached hydrogen (secondary N) is 1. The van der Waals surface area contributed by atoms with Crippen molar-refractivity contribution in [2.75, 3.05) is 11.9 Å². The largest absolute Gasteiger partial charge is 0.444 e. The second-order valence-electron chi connectivity index (χ2n) is 7.59. The Bertz CT molecular complexity index is 923. The minimum absolute atomic E-state index is 0.249. The molecule has 146 valence electrons. The molecule has 0 bridgehead atoms. The lowest BCUT2D eigenvalue weighted by Gasteiger charge is -2.27. The maximum absolute atomic E-state index is 12.7. The van der Waals surface area contributed by atoms with Gasteiger partial charge in [-0.1, -0.05) is 17.3 Å². The fraction of sp³-hybridized carbons (Fsp3) is 0.400. The summed E-state index contributed by atoms with van der Waals surface area (Å²) >= 11 is 0. The van der Waals surface area contributed by atoms with Crippen LogP contribution in [0.5, 0.6) is 0 Å². The first-order chi connectivity index (χ1) is 13.3. The zero-order chi connectivity index (χ0) is 20.3. The van der Waals surface area contributed by atoms with Gasteiger partial charge >= 0.3 is 6.09 Å². The number of anilines is 1. The van der Waals surface area contributed by atoms with Gasteiger partial charge in [-0.3, -0.25) is 9.69 Å². The molecule has 0 saturated carbocycles. The molecule has 2 amide bonds. The van der Waals surface area contributed by atoms with Gasteiger partial charge in [-0.2, -0.15) is 5.26 Å². The number of rotatable bonds is 3. The lowest BCUT2D eigenvalue weighted by molar-refractivity contribution is -0.120. The summed E-state index contributed by atoms with van der Waals surface area (Å²) in [7, 11) is 0. The van der Waals surface area contributed by atoms with Gasteiger partial charge in [-0.15, -0.1) is 0 Å². The number of ether oxygens (including phenoxy) is 1. The van der Waals surface area contributed by atoms with E-state index in [1.165, 1.54) is 4.90 Å². The van der Waals surface area contributed by atoms with Gasteiger partial charge in [-0.05, 0) is 45.7 Å². The van der Waals surface area contributed by atoms with Crippen LogP contribution in [0, 0.1) is 11.3 Å². The molecule has 8 heteroatoms. The molecule has 28 heavy (non-hydrogen) atoms. The maximum atomic E-state index is 12.7. The van der Waals surface area contributed by atoms with Crippen LogP contribution in [0.25, 0.3) is 11.3 Å². The quantitative estimate of drug-likeness (QED) is 0.869. The van der Waals surface area contributed by atoms with Gasteiger partial charge in [0, 0.05) is 18.2 Å². The van der Waals surface area contributed by atoms with Gasteiger partial charge in [0.15, 0.2) is 11.6 Å². The Morgan fingerprint density at radius 1 is 1.36 bits per heavy atom. The van der Waals surface area contributed by atoms with Crippen LogP contribution in [-0.4, -0.2) is 40.2 Å². The fourth-order valence-corrected chi connectivity index (χ4v) is 3.00. The van der Waals surface area contributed by atoms with Gasteiger partial charge in [-0.25, -0.2) is 4.79 Å². The van der Waals surface area contributed by atoms with Gasteiger partial charge < -0.3 is 14.6 Å². The van der Waals surface area contributed by atoms with Gasteiger partial charge in [0.25, 0.3) is 0 Å². The van der Waals surface area contributed by atoms with Gasteiger partial charge in [0.1, 0.15) is 11.6 Å². The number of benzene rings is 1. The number of nitriles is 1. The first-order valence-electron chi connectivity index (χ1n) is 9.04. The summed E-state index contributed by atoms with van der Waals surface area (Å²) in [6, 6.07) is 9.92. The summed E-state index contributed by atoms with van der Waals surface area (Å²) in [5.74, 6) is 0.343. The van der Waals surface area contributed by atoms with Crippen molar-refractivity contribution in [3.8, 4) is 17.4 Å². The molecule has 1 aliphatic rings. The fourth-order valence-electron chi connectivity index (χ4n) is 3.00. The Labute approximate surface area is 163 Å². The van der Waals surface area contributed by atoms with E-state index in [2.05, 4.69) is 16.5 Å². The van der Waals surface area contributed by atoms with Gasteiger partial charge in [0.2, 0.25) is 5.91 Å². The summed E-state index contributed by atoms with van der Waals surface area (Å²) in [6.07, 6.45) is 0.779. The molecule has 2 heterocycles. The third-order valence-electron chi connectivity index (χ3n) is 4.22. The molecule has 2 aromatic rings. The van der Waals surface area contributed by atoms with E-state index in [4.69, 9.17) is 14.5 Å². The molecule has 1 fully saturated rings. The molecule has 0 spiro atoms. The molecule has 0 unspecified atom stereocenters. The Balaban J connectivity index is 1.68. The first kappa shape index (κ1) is 19.4. The average Bonchev–Trinajstić information content (AvgIpc) is 3.30. The molecular weight excluding hydrogens is 360 g/mol. The van der Waals surface area contributed by atoms with E-state index in [9.17, 15) is 9.59 Å². The summed E-state index contributed by atoms with van der Waals surface area (Å²) in [4.78, 5) is 26.4. The van der Waals surface area contributed by atoms with Crippen LogP contribution in [0.2, 0.25) is 0 Å². The highest BCUT2D eigenvalue weighted by molar-refractivity contribution is 5.96. The lowest BCUT2D eigenvalue weighted by atomic mass is 10.1. The van der Waals surface area contributed by atoms with Crippen LogP contribution < -0.4 is 5.32 Å². The number of aromatic nitrogens is 1. The Kier molecular flexibility index (Phi) is 5.36. The van der Waals surface area contributed by atoms with Crippen molar-refractivity contribution in [1.82, 2.24) is 10.1 Å². The predicted molar refractivity (Wildman–Crippen MR) is 101 cm³/mol. The molecule has 3 rings (SSSR count). The van der Waals surface area contributed by atoms with E-state index in [-0.39, 0.29) is 11.7 Å². The number of carbonyl (C=O) groups excluding carboxylic acids is 2. The standard InChI is InChI=1S/C20H22N4O4/c1-20(2,3)27-19(26)24-9-5-8-15(24)18(25)22-17-11-16(28-23-17)14-7-4-6-13(10-14)12-21/h4,6-7,10-11,15H,5,8-9H2,1-3H3,(H,22,23,25)/t15-/m0/s1. The average molecular weight is 382 g/mol. The molecular formula is C20H22N4O4. The smallest absolute Gasteiger partial charge is 0.410 e. The van der Waals surface area contributed by atoms with Crippen molar-refractivity contribution in [1.29, 1.82) is 5.26 Å². The second-order valence-corrected chi connectivity index (χ2v) is 7.59. The van der Waals surface area contributed by atoms with E-state index in [0.717, 1.165) is 6.42 Å². The Morgan fingerprint density at radius 3 is 2.86 bits per heavy atom. The molecule has 8 nitrogen and oxygen atoms in total. The summed E-state index contributed by atoms with van der Waals surface area (Å²) < 4.78 is 10.7. The number of hydrogen-bond acceptors (Lipinski definition) is 6. The maximum Gasteiger partial charge on any atom is 0.410 e. The third kappa shape index (κ3) is 4.49. The number of amides is 2. The zero-order valence-electron chi connectivity index (χ0n) is 16.1. The molecule has 1 N–H and O–H groups in total. The first-order valence-corrected chi connectivity index (χ1v) is 9.04. The van der Waals surface area contributed by atoms with Crippen molar-refractivity contribution >= 4 is 17.8 Å². The summed E-state index contributed by atoms with van der Waals surface area (Å²) in [5, 5.41) is 15.6. The Morgan fingerprint density at radius 2 is 2.14 bits per heavy atom. The van der Waals surface area contributed by atoms with Gasteiger partial charge in [0.05, 0.1) is 11.6 Å². The molecule has 1 aromatic carbocycles. The minimum Gasteiger partial charge on any atom is -0.444 e. The lowest BCUT2D eigenvalue weighted by Crippen LogP contribution is -2.45. The number of carbonyl (C=O) groups is 2. The Hall–Kier alpha value is -3.34. The highest BCUT2D eigenvalue weighted by atomic mass is 16.6. The van der Waals surface area contributed by atoms with E-state index >= 15 is 0 Å². The molecule has 1 aliphatic heterocycles. The van der Waals surface area contributed by atoms with Crippen LogP contribution in [-0.2, 0) is 9.53 Å². The molecule has 0 radical (unpaired) electrons. The highest BCUT2D eigenvalue weighted by Crippen LogP contribution is 2.25. The van der Waals surface area contributed by atoms with Crippen LogP contribution in [0.4, 0.5) is 10.6 Å². The van der Waals surface area contributed by atoms with Crippen molar-refractivity contribution in [3.05, 3.63) is 35.9 Å². The van der Waals surface area contributed by atoms with Crippen LogP contribution in [0.3, 0.4) is 0 Å². The number of likely N-dealkylation sites (tertiary alicyclic amines) is 1. The summed E-state index contributed by atoms with van der Waals surface area (Å²) in [6.45, 7) is 5.83. The van der Waals surface area contributed by atoms with Crippen molar-refractivity contribution in [3.63, 3.8) is 0 Å². The normalized spacial score (nSPS) is 16.5. The van der Waals surface area contributed by atoms with Crippen LogP contribution in [0.15, 0.2) is 34.9 Å². The minimum atomic E-state index is -0.625. The molecule has 0 aliphatic carbocycles. The third-order valence-corrected chi connectivity index (χ3v) is 4.22. The summed E-state index contributed by atoms with van der Waals surface area (Å²) in [5.41, 5.74) is 0.557. The van der Waals surface area contributed by atoms with Crippen LogP contribution in [0.1, 0.15) is 39.2 Å². The van der Waals surface area contributed by atoms with E-state index < -0.39 is 17.7 Å². The van der Waals surface area contributed by atoms with Crippen LogP contribution >= 0.6 is 0 Å². The topological polar surface area (TPSA) is 108 Å². The van der Waals surface area contributed by atoms with Crippen molar-refractivity contribution < 1.29 is 18.8 Å². The zero-order valence-corrected chi connectivity index (χ0v) is 16.1. The monoisotopic (exact) mass is 382 g/mol. The molecule has 1 atom stereocenters. The van der Waals surface area contributed by atoms with E-state index in [1.807, 2.05) is 0 Å².